The molecule has 19 heavy (non-hydrogen) atoms. The summed E-state index contributed by atoms with van der Waals surface area (Å²) >= 11 is 0. The van der Waals surface area contributed by atoms with Crippen molar-refractivity contribution < 1.29 is 19.1 Å². The molecule has 1 amide bonds. The molecular formula is C14H18FNO3. The molecule has 0 saturated carbocycles. The maximum Gasteiger partial charge on any atom is 0.318 e. The SMILES string of the molecule is Cc1cc(CNC(=O)C(C)(C)C(=O)O)cc(C)c1F. The first kappa shape index (κ1) is 15.1. The number of amides is 1. The van der Waals surface area contributed by atoms with Crippen molar-refractivity contribution in [3.63, 3.8) is 0 Å². The smallest absolute Gasteiger partial charge is 0.318 e. The minimum absolute atomic E-state index is 0.178. The number of carboxylic acids is 1. The van der Waals surface area contributed by atoms with Crippen LogP contribution in [0.25, 0.3) is 0 Å². The standard InChI is InChI=1S/C14H18FNO3/c1-8-5-10(6-9(2)11(8)15)7-16-12(17)14(3,4)13(18)19/h5-6H,7H2,1-4H3,(H,16,17)(H,18,19). The van der Waals surface area contributed by atoms with Crippen LogP contribution in [0.2, 0.25) is 0 Å². The Morgan fingerprint density at radius 1 is 1.26 bits per heavy atom. The van der Waals surface area contributed by atoms with Crippen molar-refractivity contribution in [3.05, 3.63) is 34.6 Å². The van der Waals surface area contributed by atoms with E-state index in [1.54, 1.807) is 26.0 Å². The van der Waals surface area contributed by atoms with Crippen LogP contribution in [0, 0.1) is 25.1 Å². The van der Waals surface area contributed by atoms with Crippen molar-refractivity contribution in [2.75, 3.05) is 0 Å². The lowest BCUT2D eigenvalue weighted by atomic mass is 9.92. The maximum absolute atomic E-state index is 13.4. The van der Waals surface area contributed by atoms with Gasteiger partial charge in [-0.15, -0.1) is 0 Å². The number of rotatable bonds is 4. The molecule has 1 aromatic carbocycles. The highest BCUT2D eigenvalue weighted by Crippen LogP contribution is 2.17. The number of carbonyl (C=O) groups excluding carboxylic acids is 1. The van der Waals surface area contributed by atoms with E-state index < -0.39 is 17.3 Å². The van der Waals surface area contributed by atoms with Crippen LogP contribution in [0.3, 0.4) is 0 Å². The van der Waals surface area contributed by atoms with E-state index in [4.69, 9.17) is 5.11 Å². The Balaban J connectivity index is 2.78. The Kier molecular flexibility index (Phi) is 4.29. The van der Waals surface area contributed by atoms with Crippen molar-refractivity contribution in [1.29, 1.82) is 0 Å². The first-order valence-corrected chi connectivity index (χ1v) is 5.93. The summed E-state index contributed by atoms with van der Waals surface area (Å²) in [6, 6.07) is 3.27. The van der Waals surface area contributed by atoms with Crippen molar-refractivity contribution >= 4 is 11.9 Å². The number of carboxylic acid groups (broad SMARTS) is 1. The Labute approximate surface area is 111 Å². The monoisotopic (exact) mass is 267 g/mol. The van der Waals surface area contributed by atoms with Gasteiger partial charge in [-0.1, -0.05) is 12.1 Å². The molecule has 0 atom stereocenters. The Morgan fingerprint density at radius 3 is 2.16 bits per heavy atom. The molecule has 5 heteroatoms. The van der Waals surface area contributed by atoms with Gasteiger partial charge in [0.2, 0.25) is 5.91 Å². The first-order valence-electron chi connectivity index (χ1n) is 5.93. The molecule has 0 aromatic heterocycles. The van der Waals surface area contributed by atoms with Gasteiger partial charge in [0.1, 0.15) is 11.2 Å². The van der Waals surface area contributed by atoms with E-state index in [0.29, 0.717) is 11.1 Å². The minimum atomic E-state index is -1.48. The van der Waals surface area contributed by atoms with E-state index in [-0.39, 0.29) is 12.4 Å². The number of nitrogens with one attached hydrogen (secondary N) is 1. The highest BCUT2D eigenvalue weighted by Gasteiger charge is 2.35. The summed E-state index contributed by atoms with van der Waals surface area (Å²) in [4.78, 5) is 22.7. The average molecular weight is 267 g/mol. The molecule has 0 aliphatic rings. The molecule has 0 unspecified atom stereocenters. The molecule has 0 radical (unpaired) electrons. The second-order valence-corrected chi connectivity index (χ2v) is 5.16. The molecule has 1 aromatic rings. The number of halogens is 1. The van der Waals surface area contributed by atoms with Gasteiger partial charge in [0.05, 0.1) is 0 Å². The summed E-state index contributed by atoms with van der Waals surface area (Å²) in [5.74, 6) is -2.02. The van der Waals surface area contributed by atoms with E-state index >= 15 is 0 Å². The van der Waals surface area contributed by atoms with E-state index in [1.807, 2.05) is 0 Å². The third kappa shape index (κ3) is 3.30. The summed E-state index contributed by atoms with van der Waals surface area (Å²) in [5.41, 5.74) is 0.263. The predicted octanol–water partition coefficient (Wildman–Crippen LogP) is 2.17. The fourth-order valence-electron chi connectivity index (χ4n) is 1.64. The number of hydrogen-bond donors (Lipinski definition) is 2. The maximum atomic E-state index is 13.4. The molecule has 4 nitrogen and oxygen atoms in total. The summed E-state index contributed by atoms with van der Waals surface area (Å²) in [7, 11) is 0. The van der Waals surface area contributed by atoms with E-state index in [0.717, 1.165) is 5.56 Å². The average Bonchev–Trinajstić information content (AvgIpc) is 2.32. The van der Waals surface area contributed by atoms with Crippen molar-refractivity contribution in [2.45, 2.75) is 34.2 Å². The van der Waals surface area contributed by atoms with Gasteiger partial charge in [0.25, 0.3) is 0 Å². The van der Waals surface area contributed by atoms with Gasteiger partial charge in [-0.2, -0.15) is 0 Å². The van der Waals surface area contributed by atoms with Crippen LogP contribution in [-0.2, 0) is 16.1 Å². The van der Waals surface area contributed by atoms with Gasteiger partial charge in [-0.25, -0.2) is 4.39 Å². The molecule has 0 spiro atoms. The van der Waals surface area contributed by atoms with Crippen LogP contribution in [0.5, 0.6) is 0 Å². The Morgan fingerprint density at radius 2 is 1.74 bits per heavy atom. The predicted molar refractivity (Wildman–Crippen MR) is 69.1 cm³/mol. The van der Waals surface area contributed by atoms with Gasteiger partial charge < -0.3 is 10.4 Å². The quantitative estimate of drug-likeness (QED) is 0.822. The van der Waals surface area contributed by atoms with Crippen molar-refractivity contribution in [3.8, 4) is 0 Å². The summed E-state index contributed by atoms with van der Waals surface area (Å²) in [6.07, 6.45) is 0. The van der Waals surface area contributed by atoms with Gasteiger partial charge in [0, 0.05) is 6.54 Å². The summed E-state index contributed by atoms with van der Waals surface area (Å²) in [6.45, 7) is 6.15. The summed E-state index contributed by atoms with van der Waals surface area (Å²) < 4.78 is 13.4. The van der Waals surface area contributed by atoms with Crippen LogP contribution in [0.4, 0.5) is 4.39 Å². The molecule has 0 fully saturated rings. The topological polar surface area (TPSA) is 66.4 Å². The lowest BCUT2D eigenvalue weighted by molar-refractivity contribution is -0.153. The molecular weight excluding hydrogens is 249 g/mol. The fourth-order valence-corrected chi connectivity index (χ4v) is 1.64. The zero-order chi connectivity index (χ0) is 14.8. The summed E-state index contributed by atoms with van der Waals surface area (Å²) in [5, 5.41) is 11.5. The van der Waals surface area contributed by atoms with E-state index in [1.165, 1.54) is 13.8 Å². The third-order valence-electron chi connectivity index (χ3n) is 3.05. The second-order valence-electron chi connectivity index (χ2n) is 5.16. The molecule has 0 heterocycles. The van der Waals surface area contributed by atoms with Gasteiger partial charge >= 0.3 is 5.97 Å². The number of aliphatic carboxylic acids is 1. The molecule has 104 valence electrons. The zero-order valence-electron chi connectivity index (χ0n) is 11.5. The van der Waals surface area contributed by atoms with Crippen LogP contribution >= 0.6 is 0 Å². The lowest BCUT2D eigenvalue weighted by Gasteiger charge is -2.18. The largest absolute Gasteiger partial charge is 0.480 e. The van der Waals surface area contributed by atoms with Gasteiger partial charge in [0.15, 0.2) is 0 Å². The van der Waals surface area contributed by atoms with Crippen LogP contribution in [0.1, 0.15) is 30.5 Å². The van der Waals surface area contributed by atoms with Crippen LogP contribution in [0.15, 0.2) is 12.1 Å². The highest BCUT2D eigenvalue weighted by molar-refractivity contribution is 6.00. The highest BCUT2D eigenvalue weighted by atomic mass is 19.1. The van der Waals surface area contributed by atoms with Crippen LogP contribution < -0.4 is 5.32 Å². The number of carbonyl (C=O) groups is 2. The Hall–Kier alpha value is -1.91. The normalized spacial score (nSPS) is 11.2. The molecule has 0 aliphatic heterocycles. The second kappa shape index (κ2) is 5.38. The lowest BCUT2D eigenvalue weighted by Crippen LogP contribution is -2.42. The molecule has 2 N–H and O–H groups in total. The Bertz CT molecular complexity index is 500. The molecule has 1 rings (SSSR count). The number of benzene rings is 1. The zero-order valence-corrected chi connectivity index (χ0v) is 11.5. The van der Waals surface area contributed by atoms with E-state index in [2.05, 4.69) is 5.32 Å². The van der Waals surface area contributed by atoms with Gasteiger partial charge in [-0.05, 0) is 44.4 Å². The minimum Gasteiger partial charge on any atom is -0.480 e. The molecule has 0 saturated heterocycles. The van der Waals surface area contributed by atoms with Crippen molar-refractivity contribution in [1.82, 2.24) is 5.32 Å². The number of hydrogen-bond acceptors (Lipinski definition) is 2. The fraction of sp³-hybridized carbons (Fsp3) is 0.429. The van der Waals surface area contributed by atoms with E-state index in [9.17, 15) is 14.0 Å². The van der Waals surface area contributed by atoms with Crippen molar-refractivity contribution in [2.24, 2.45) is 5.41 Å². The third-order valence-corrected chi connectivity index (χ3v) is 3.05. The molecule has 0 aliphatic carbocycles. The first-order chi connectivity index (χ1) is 8.66. The number of aryl methyl sites for hydroxylation is 2. The van der Waals surface area contributed by atoms with Gasteiger partial charge in [-0.3, -0.25) is 9.59 Å². The van der Waals surface area contributed by atoms with Crippen LogP contribution in [-0.4, -0.2) is 17.0 Å². The molecule has 0 bridgehead atoms.